The minimum absolute atomic E-state index is 0.0108. The van der Waals surface area contributed by atoms with Crippen LogP contribution in [-0.2, 0) is 171 Å². The van der Waals surface area contributed by atoms with Gasteiger partial charge in [-0.2, -0.15) is 16.8 Å². The molecule has 6 rings (SSSR count). The van der Waals surface area contributed by atoms with Crippen LogP contribution in [0.5, 0.6) is 0 Å². The summed E-state index contributed by atoms with van der Waals surface area (Å²) in [6.07, 6.45) is 17.7. The van der Waals surface area contributed by atoms with Gasteiger partial charge in [-0.05, 0) is 83.9 Å². The number of carbonyl (C=O) groups excluding carboxylic acids is 8. The second kappa shape index (κ2) is 71.1. The fourth-order valence-electron chi connectivity index (χ4n) is 6.64. The molecule has 0 amide bonds. The molecular weight excluding hydrogens is 1730 g/mol. The first kappa shape index (κ1) is 126. The number of esters is 8. The molecular formula is C78H132O42S2Si2. The lowest BCUT2D eigenvalue weighted by atomic mass is 10.2. The molecule has 6 saturated heterocycles. The van der Waals surface area contributed by atoms with Gasteiger partial charge in [0.05, 0.1) is 123 Å². The number of methoxy groups -OCH3 is 2. The first-order valence-corrected chi connectivity index (χ1v) is 47.4. The molecule has 0 aromatic heterocycles. The zero-order chi connectivity index (χ0) is 97.1. The zero-order valence-electron chi connectivity index (χ0n) is 74.9. The van der Waals surface area contributed by atoms with E-state index in [0.717, 1.165) is 55.9 Å². The van der Waals surface area contributed by atoms with Crippen molar-refractivity contribution in [2.75, 3.05) is 119 Å². The van der Waals surface area contributed by atoms with Gasteiger partial charge >= 0.3 is 83.6 Å². The van der Waals surface area contributed by atoms with Gasteiger partial charge in [-0.1, -0.05) is 71.9 Å². The van der Waals surface area contributed by atoms with E-state index in [1.165, 1.54) is 45.3 Å². The number of carboxylic acids is 6. The molecule has 42 nitrogen and oxygen atoms in total. The highest BCUT2D eigenvalue weighted by Crippen LogP contribution is 2.38. The molecule has 0 bridgehead atoms. The summed E-state index contributed by atoms with van der Waals surface area (Å²) in [6, 6.07) is 0. The van der Waals surface area contributed by atoms with Gasteiger partial charge < -0.3 is 106 Å². The number of carboxylic acid groups (broad SMARTS) is 6. The first-order chi connectivity index (χ1) is 57.1. The van der Waals surface area contributed by atoms with Crippen LogP contribution in [0, 0.1) is 0 Å². The minimum Gasteiger partial charge on any atom is -0.478 e. The van der Waals surface area contributed by atoms with Gasteiger partial charge in [-0.3, -0.25) is 46.7 Å². The molecule has 716 valence electrons. The summed E-state index contributed by atoms with van der Waals surface area (Å²) >= 11 is 0. The summed E-state index contributed by atoms with van der Waals surface area (Å²) in [5.41, 5.74) is 0. The maximum atomic E-state index is 10.6. The van der Waals surface area contributed by atoms with Crippen molar-refractivity contribution in [3.63, 3.8) is 0 Å². The van der Waals surface area contributed by atoms with Crippen LogP contribution >= 0.6 is 0 Å². The van der Waals surface area contributed by atoms with E-state index >= 15 is 0 Å². The lowest BCUT2D eigenvalue weighted by molar-refractivity contribution is -0.178. The van der Waals surface area contributed by atoms with Crippen LogP contribution in [0.25, 0.3) is 0 Å². The van der Waals surface area contributed by atoms with E-state index in [1.807, 2.05) is 41.5 Å². The van der Waals surface area contributed by atoms with Gasteiger partial charge in [0, 0.05) is 77.7 Å². The maximum Gasteiger partial charge on any atom is 0.328 e. The van der Waals surface area contributed by atoms with Crippen molar-refractivity contribution >= 4 is 120 Å². The van der Waals surface area contributed by atoms with Crippen molar-refractivity contribution in [2.45, 2.75) is 221 Å². The Morgan fingerprint density at radius 1 is 0.403 bits per heavy atom. The molecule has 6 aliphatic rings. The molecule has 0 aromatic rings. The molecule has 6 atom stereocenters. The SMILES string of the molecule is CC(=O)OCC1CC(=O)O1.CC(=O)OCC=CC(=O)O.CC(C)(C)[Si](C)(C)OCC1CC(=O)O1.CC(C)(C)[Si](C)(C)OCC=CC(=O)O.CC(C)OCC1CC(=O)O1.CC(C)OCC=CC(=O)O.CCOCC1CC(=O)O1.CCOCC=CC(=O)O.COCC1CC(=O)O1.COCC=CC(=O)O.COS(=O)(=O)CC=CC(=O)O.CS(=O)(=O)OCC1CC(=O)O1. The summed E-state index contributed by atoms with van der Waals surface area (Å²) in [5, 5.41) is 49.1. The van der Waals surface area contributed by atoms with E-state index < -0.39 is 84.4 Å². The average Bonchev–Trinajstić information content (AvgIpc) is 0.835. The monoisotopic (exact) mass is 1860 g/mol. The van der Waals surface area contributed by atoms with Crippen molar-refractivity contribution in [3.05, 3.63) is 72.9 Å². The molecule has 6 fully saturated rings. The Labute approximate surface area is 727 Å². The van der Waals surface area contributed by atoms with Crippen LogP contribution in [0.4, 0.5) is 0 Å². The number of hydrogen-bond donors (Lipinski definition) is 6. The van der Waals surface area contributed by atoms with Gasteiger partial charge in [0.15, 0.2) is 16.6 Å². The molecule has 0 radical (unpaired) electrons. The second-order valence-corrected chi connectivity index (χ2v) is 42.0. The van der Waals surface area contributed by atoms with Crippen molar-refractivity contribution in [1.29, 1.82) is 0 Å². The molecule has 0 saturated carbocycles. The normalized spacial score (nSPS) is 17.7. The molecule has 6 N–H and O–H groups in total. The zero-order valence-corrected chi connectivity index (χ0v) is 78.5. The number of hydrogen-bond acceptors (Lipinski definition) is 36. The minimum atomic E-state index is -3.57. The van der Waals surface area contributed by atoms with E-state index in [2.05, 4.69) is 109 Å². The number of cyclic esters (lactones) is 6. The Balaban J connectivity index is -0.000000307. The van der Waals surface area contributed by atoms with Gasteiger partial charge in [-0.15, -0.1) is 0 Å². The van der Waals surface area contributed by atoms with Crippen LogP contribution in [0.3, 0.4) is 0 Å². The number of aliphatic carboxylic acids is 6. The van der Waals surface area contributed by atoms with E-state index in [1.54, 1.807) is 13.2 Å². The Bertz CT molecular complexity index is 3540. The average molecular weight is 1860 g/mol. The van der Waals surface area contributed by atoms with Crippen LogP contribution in [-0.4, -0.2) is 316 Å². The van der Waals surface area contributed by atoms with E-state index in [4.69, 9.17) is 72.6 Å². The Morgan fingerprint density at radius 3 is 1.02 bits per heavy atom. The van der Waals surface area contributed by atoms with Crippen LogP contribution in [0.15, 0.2) is 72.9 Å². The second-order valence-electron chi connectivity index (χ2n) is 29.0. The molecule has 124 heavy (non-hydrogen) atoms. The summed E-state index contributed by atoms with van der Waals surface area (Å²) in [5.74, 6) is -8.15. The standard InChI is InChI=1S/2C10H20O3Si.2C7H12O3.2C6H8O4.2C6H10O3.2C5H8O5S.2C5H8O3/c1-10(2,3)14(4,5)12-7-8-6-9(11)13-8;1-10(2,3)14(4,5)13-8-6-7-9(11)12;1-5(2)9-4-6-3-7(8)10-6;1-6(2)10-5-3-4-7(8)9;1-4(7)9-3-5-2-6(8)10-5;1-5(7)10-4-2-3-6(8)9;1-2-8-4-5-3-6(7)9-5;1-2-9-5-3-4-6(7)8;1-11(7,8)9-3-4-2-5(6)10-4;1-10-11(8,9)4-2-3-5(6)7;1-7-3-4-2-5(6)8-4;1-8-4-2-3-5(6)7/h8H,6-7H2,1-5H3;6-7H,8H2,1-5H3,(H,11,12);5-6H,3-4H2,1-2H3;3-4,6H,5H2,1-2H3,(H,8,9);5H,2-3H2,1H3;2-3H,4H2,1H3,(H,8,9);5H,2-4H2,1H3;3-4H,2,5H2,1H3,(H,7,8);4H,2-3H2,1H3;2-3H,4H2,1H3,(H,6,7);4H,2-3H2,1H3;2-3H,4H2,1H3,(H,6,7). The highest BCUT2D eigenvalue weighted by Gasteiger charge is 2.40. The predicted octanol–water partition coefficient (Wildman–Crippen LogP) is 6.91. The smallest absolute Gasteiger partial charge is 0.328 e. The quantitative estimate of drug-likeness (QED) is 0.00912. The third kappa shape index (κ3) is 85.1. The molecule has 0 aliphatic carbocycles. The summed E-state index contributed by atoms with van der Waals surface area (Å²) in [6.45, 7) is 41.0. The molecule has 6 aliphatic heterocycles. The molecule has 6 heterocycles. The third-order valence-electron chi connectivity index (χ3n) is 15.1. The van der Waals surface area contributed by atoms with Crippen LogP contribution in [0.1, 0.15) is 135 Å². The maximum absolute atomic E-state index is 10.6. The highest BCUT2D eigenvalue weighted by molar-refractivity contribution is 7.86. The molecule has 6 unspecified atom stereocenters. The van der Waals surface area contributed by atoms with E-state index in [-0.39, 0.29) is 127 Å². The molecule has 46 heteroatoms. The number of carbonyl (C=O) groups is 14. The number of ether oxygens (including phenoxy) is 14. The van der Waals surface area contributed by atoms with Gasteiger partial charge in [0.1, 0.15) is 56.4 Å². The van der Waals surface area contributed by atoms with Crippen molar-refractivity contribution in [1.82, 2.24) is 0 Å². The summed E-state index contributed by atoms with van der Waals surface area (Å²) in [4.78, 5) is 141. The van der Waals surface area contributed by atoms with E-state index in [0.29, 0.717) is 98.2 Å². The Kier molecular flexibility index (Phi) is 72.1. The van der Waals surface area contributed by atoms with Crippen LogP contribution in [0.2, 0.25) is 36.3 Å². The Hall–Kier alpha value is -9.05. The summed E-state index contributed by atoms with van der Waals surface area (Å²) in [7, 11) is -6.24. The predicted molar refractivity (Wildman–Crippen MR) is 448 cm³/mol. The van der Waals surface area contributed by atoms with Gasteiger partial charge in [-0.25, -0.2) is 28.8 Å². The summed E-state index contributed by atoms with van der Waals surface area (Å²) < 4.78 is 128. The van der Waals surface area contributed by atoms with E-state index in [9.17, 15) is 84.0 Å². The highest BCUT2D eigenvalue weighted by atomic mass is 32.2. The molecule has 0 aromatic carbocycles. The fourth-order valence-corrected chi connectivity index (χ4v) is 9.49. The third-order valence-corrected chi connectivity index (χ3v) is 25.7. The lowest BCUT2D eigenvalue weighted by Crippen LogP contribution is -2.45. The lowest BCUT2D eigenvalue weighted by Gasteiger charge is -2.38. The fraction of sp³-hybridized carbons (Fsp3) is 0.667. The van der Waals surface area contributed by atoms with Crippen LogP contribution < -0.4 is 0 Å². The van der Waals surface area contributed by atoms with Gasteiger partial charge in [0.2, 0.25) is 0 Å². The van der Waals surface area contributed by atoms with Crippen molar-refractivity contribution < 1.29 is 198 Å². The van der Waals surface area contributed by atoms with Crippen molar-refractivity contribution in [3.8, 4) is 0 Å². The first-order valence-electron chi connectivity index (χ1n) is 38.2. The number of rotatable bonds is 38. The molecule has 0 spiro atoms. The topological polar surface area (TPSA) is 595 Å². The van der Waals surface area contributed by atoms with Gasteiger partial charge in [0.25, 0.3) is 20.2 Å². The van der Waals surface area contributed by atoms with Crippen molar-refractivity contribution in [2.24, 2.45) is 0 Å². The Morgan fingerprint density at radius 2 is 0.710 bits per heavy atom. The largest absolute Gasteiger partial charge is 0.478 e.